The number of carbonyl (C=O) groups excluding carboxylic acids is 4. The monoisotopic (exact) mass is 419 g/mol. The van der Waals surface area contributed by atoms with Gasteiger partial charge >= 0.3 is 5.97 Å². The largest absolute Gasteiger partial charge is 0.480 e. The molecule has 158 valence electrons. The summed E-state index contributed by atoms with van der Waals surface area (Å²) in [7, 11) is 0. The van der Waals surface area contributed by atoms with Crippen LogP contribution in [0.1, 0.15) is 19.3 Å². The molecule has 0 saturated carbocycles. The van der Waals surface area contributed by atoms with Gasteiger partial charge in [0.25, 0.3) is 0 Å². The predicted molar refractivity (Wildman–Crippen MR) is 99.0 cm³/mol. The first-order valence-corrected chi connectivity index (χ1v) is 9.15. The molecule has 1 fully saturated rings. The van der Waals surface area contributed by atoms with Crippen molar-refractivity contribution >= 4 is 42.2 Å². The molecule has 4 amide bonds. The zero-order valence-electron chi connectivity index (χ0n) is 15.0. The molecule has 0 aromatic carbocycles. The average Bonchev–Trinajstić information content (AvgIpc) is 3.13. The lowest BCUT2D eigenvalue weighted by Crippen LogP contribution is -2.58. The van der Waals surface area contributed by atoms with E-state index in [1.807, 2.05) is 0 Å². The number of aliphatic hydroxyl groups excluding tert-OH is 1. The van der Waals surface area contributed by atoms with E-state index in [0.717, 1.165) is 4.90 Å². The molecule has 8 N–H and O–H groups in total. The third-order valence-electron chi connectivity index (χ3n) is 4.19. The van der Waals surface area contributed by atoms with E-state index in [2.05, 4.69) is 23.3 Å². The second kappa shape index (κ2) is 10.8. The number of nitrogens with zero attached hydrogens (tertiary/aromatic N) is 1. The van der Waals surface area contributed by atoms with Crippen molar-refractivity contribution in [2.45, 2.75) is 43.4 Å². The van der Waals surface area contributed by atoms with Gasteiger partial charge in [0, 0.05) is 12.3 Å². The molecule has 0 aromatic rings. The maximum atomic E-state index is 12.7. The minimum absolute atomic E-state index is 0.158. The molecule has 28 heavy (non-hydrogen) atoms. The number of primary amides is 1. The Kier molecular flexibility index (Phi) is 9.15. The van der Waals surface area contributed by atoms with E-state index in [-0.39, 0.29) is 18.7 Å². The minimum atomic E-state index is -1.39. The van der Waals surface area contributed by atoms with Crippen LogP contribution in [0.3, 0.4) is 0 Å². The smallest absolute Gasteiger partial charge is 0.326 e. The van der Waals surface area contributed by atoms with E-state index < -0.39 is 66.8 Å². The van der Waals surface area contributed by atoms with Gasteiger partial charge in [-0.3, -0.25) is 19.2 Å². The molecule has 0 bridgehead atoms. The fraction of sp³-hybridized carbons (Fsp3) is 0.667. The van der Waals surface area contributed by atoms with Crippen LogP contribution in [-0.2, 0) is 24.0 Å². The third kappa shape index (κ3) is 6.35. The van der Waals surface area contributed by atoms with Crippen LogP contribution in [0.4, 0.5) is 0 Å². The van der Waals surface area contributed by atoms with Crippen LogP contribution in [0, 0.1) is 0 Å². The van der Waals surface area contributed by atoms with E-state index in [1.54, 1.807) is 0 Å². The number of carbonyl (C=O) groups is 5. The number of hydrogen-bond donors (Lipinski definition) is 7. The maximum absolute atomic E-state index is 12.7. The number of hydrogen-bond acceptors (Lipinski definition) is 8. The molecule has 4 atom stereocenters. The van der Waals surface area contributed by atoms with Gasteiger partial charge in [0.1, 0.15) is 24.2 Å². The van der Waals surface area contributed by atoms with Gasteiger partial charge in [-0.2, -0.15) is 12.6 Å². The number of aliphatic carboxylic acids is 1. The molecule has 4 unspecified atom stereocenters. The van der Waals surface area contributed by atoms with E-state index in [9.17, 15) is 29.1 Å². The zero-order chi connectivity index (χ0) is 21.4. The number of carboxylic acids is 1. The van der Waals surface area contributed by atoms with Gasteiger partial charge in [-0.05, 0) is 12.8 Å². The molecule has 1 saturated heterocycles. The third-order valence-corrected chi connectivity index (χ3v) is 4.56. The van der Waals surface area contributed by atoms with Crippen LogP contribution in [-0.4, -0.2) is 87.8 Å². The van der Waals surface area contributed by atoms with Crippen LogP contribution in [0.15, 0.2) is 0 Å². The molecule has 1 rings (SSSR count). The molecular weight excluding hydrogens is 394 g/mol. The summed E-state index contributed by atoms with van der Waals surface area (Å²) in [6.07, 6.45) is 0.178. The Labute approximate surface area is 166 Å². The molecule has 0 spiro atoms. The van der Waals surface area contributed by atoms with E-state index in [1.165, 1.54) is 0 Å². The summed E-state index contributed by atoms with van der Waals surface area (Å²) in [6, 6.07) is -4.90. The number of rotatable bonds is 10. The number of nitrogens with one attached hydrogen (secondary N) is 2. The topological polar surface area (TPSA) is 205 Å². The first-order valence-electron chi connectivity index (χ1n) is 8.52. The lowest BCUT2D eigenvalue weighted by Gasteiger charge is -2.28. The van der Waals surface area contributed by atoms with Crippen LogP contribution in [0.5, 0.6) is 0 Å². The van der Waals surface area contributed by atoms with Crippen molar-refractivity contribution in [2.75, 3.05) is 18.9 Å². The lowest BCUT2D eigenvalue weighted by molar-refractivity contribution is -0.149. The number of aliphatic hydroxyl groups is 1. The Hall–Kier alpha value is -2.38. The SMILES string of the molecule is NC(=O)CC(NC(=O)C(CS)NC(=O)C(N)CO)C(=O)N1CCCC1C(=O)O. The van der Waals surface area contributed by atoms with Gasteiger partial charge in [-0.1, -0.05) is 0 Å². The van der Waals surface area contributed by atoms with Gasteiger partial charge in [-0.25, -0.2) is 4.79 Å². The van der Waals surface area contributed by atoms with Crippen molar-refractivity contribution in [3.63, 3.8) is 0 Å². The summed E-state index contributed by atoms with van der Waals surface area (Å²) >= 11 is 3.96. The molecule has 1 aliphatic heterocycles. The summed E-state index contributed by atoms with van der Waals surface area (Å²) < 4.78 is 0. The molecule has 0 aliphatic carbocycles. The Morgan fingerprint density at radius 2 is 1.75 bits per heavy atom. The van der Waals surface area contributed by atoms with E-state index in [0.29, 0.717) is 6.42 Å². The lowest BCUT2D eigenvalue weighted by atomic mass is 10.1. The highest BCUT2D eigenvalue weighted by Crippen LogP contribution is 2.19. The molecule has 1 heterocycles. The van der Waals surface area contributed by atoms with E-state index in [4.69, 9.17) is 16.6 Å². The standard InChI is InChI=1S/C15H25N5O7S/c16-7(5-21)12(23)19-9(6-28)13(24)18-8(4-11(17)22)14(25)20-3-1-2-10(20)15(26)27/h7-10,21,28H,1-6,16H2,(H2,17,22)(H,18,24)(H,19,23)(H,26,27). The van der Waals surface area contributed by atoms with Gasteiger partial charge in [0.2, 0.25) is 23.6 Å². The number of carboxylic acid groups (broad SMARTS) is 1. The summed E-state index contributed by atoms with van der Waals surface area (Å²) in [6.45, 7) is -0.472. The number of nitrogens with two attached hydrogens (primary N) is 2. The highest BCUT2D eigenvalue weighted by molar-refractivity contribution is 7.80. The van der Waals surface area contributed by atoms with Crippen LogP contribution < -0.4 is 22.1 Å². The Morgan fingerprint density at radius 1 is 1.14 bits per heavy atom. The van der Waals surface area contributed by atoms with Crippen molar-refractivity contribution in [2.24, 2.45) is 11.5 Å². The van der Waals surface area contributed by atoms with Crippen LogP contribution >= 0.6 is 12.6 Å². The van der Waals surface area contributed by atoms with Crippen molar-refractivity contribution in [1.29, 1.82) is 0 Å². The van der Waals surface area contributed by atoms with Crippen molar-refractivity contribution in [3.05, 3.63) is 0 Å². The number of thiol groups is 1. The molecular formula is C15H25N5O7S. The van der Waals surface area contributed by atoms with Crippen molar-refractivity contribution in [3.8, 4) is 0 Å². The van der Waals surface area contributed by atoms with Gasteiger partial charge in [-0.15, -0.1) is 0 Å². The van der Waals surface area contributed by atoms with Crippen LogP contribution in [0.2, 0.25) is 0 Å². The van der Waals surface area contributed by atoms with Gasteiger partial charge in [0.05, 0.1) is 13.0 Å². The second-order valence-corrected chi connectivity index (χ2v) is 6.66. The number of likely N-dealkylation sites (tertiary alicyclic amines) is 1. The number of amides is 4. The fourth-order valence-corrected chi connectivity index (χ4v) is 2.97. The summed E-state index contributed by atoms with van der Waals surface area (Å²) in [5.74, 6) is -4.62. The molecule has 1 aliphatic rings. The normalized spacial score (nSPS) is 19.4. The Balaban J connectivity index is 2.90. The minimum Gasteiger partial charge on any atom is -0.480 e. The first-order chi connectivity index (χ1) is 13.1. The highest BCUT2D eigenvalue weighted by Gasteiger charge is 2.38. The highest BCUT2D eigenvalue weighted by atomic mass is 32.1. The molecule has 0 radical (unpaired) electrons. The fourth-order valence-electron chi connectivity index (χ4n) is 2.72. The Bertz CT molecular complexity index is 632. The zero-order valence-corrected chi connectivity index (χ0v) is 15.9. The molecule has 12 nitrogen and oxygen atoms in total. The Morgan fingerprint density at radius 3 is 2.25 bits per heavy atom. The van der Waals surface area contributed by atoms with Crippen molar-refractivity contribution in [1.82, 2.24) is 15.5 Å². The van der Waals surface area contributed by atoms with Crippen molar-refractivity contribution < 1.29 is 34.2 Å². The average molecular weight is 419 g/mol. The van der Waals surface area contributed by atoms with Gasteiger partial charge < -0.3 is 37.2 Å². The quantitative estimate of drug-likeness (QED) is 0.174. The summed E-state index contributed by atoms with van der Waals surface area (Å²) in [5.41, 5.74) is 10.5. The van der Waals surface area contributed by atoms with Crippen LogP contribution in [0.25, 0.3) is 0 Å². The van der Waals surface area contributed by atoms with E-state index >= 15 is 0 Å². The maximum Gasteiger partial charge on any atom is 0.326 e. The summed E-state index contributed by atoms with van der Waals surface area (Å²) in [5, 5.41) is 22.7. The predicted octanol–water partition coefficient (Wildman–Crippen LogP) is -3.84. The molecule has 0 aromatic heterocycles. The van der Waals surface area contributed by atoms with Gasteiger partial charge in [0.15, 0.2) is 0 Å². The summed E-state index contributed by atoms with van der Waals surface area (Å²) in [4.78, 5) is 60.6. The second-order valence-electron chi connectivity index (χ2n) is 6.29. The molecule has 13 heteroatoms. The first kappa shape index (κ1) is 23.7.